The van der Waals surface area contributed by atoms with Crippen LogP contribution in [0.1, 0.15) is 17.5 Å². The number of benzene rings is 1. The van der Waals surface area contributed by atoms with Crippen molar-refractivity contribution in [3.8, 4) is 0 Å². The number of hydrogen-bond donors (Lipinski definition) is 0. The zero-order valence-corrected chi connectivity index (χ0v) is 10.4. The number of rotatable bonds is 3. The molecular formula is C13H14F3NO2. The molecule has 3 nitrogen and oxygen atoms in total. The summed E-state index contributed by atoms with van der Waals surface area (Å²) in [6, 6.07) is 4.66. The number of nitrogens with zero attached hydrogens (tertiary/aromatic N) is 1. The van der Waals surface area contributed by atoms with Gasteiger partial charge in [0.2, 0.25) is 0 Å². The topological polar surface area (TPSA) is 29.5 Å². The van der Waals surface area contributed by atoms with Crippen molar-refractivity contribution in [2.24, 2.45) is 0 Å². The Morgan fingerprint density at radius 2 is 1.95 bits per heavy atom. The molecule has 1 aromatic carbocycles. The number of halogens is 3. The number of alkyl halides is 3. The van der Waals surface area contributed by atoms with Gasteiger partial charge in [0.25, 0.3) is 0 Å². The van der Waals surface area contributed by atoms with Crippen LogP contribution in [0.2, 0.25) is 0 Å². The summed E-state index contributed by atoms with van der Waals surface area (Å²) in [5.74, 6) is -0.269. The van der Waals surface area contributed by atoms with Gasteiger partial charge in [-0.05, 0) is 24.7 Å². The van der Waals surface area contributed by atoms with Crippen molar-refractivity contribution in [2.75, 3.05) is 13.7 Å². The molecule has 6 heteroatoms. The molecule has 1 atom stereocenters. The van der Waals surface area contributed by atoms with Crippen LogP contribution in [0.4, 0.5) is 13.2 Å². The zero-order valence-electron chi connectivity index (χ0n) is 10.4. The predicted octanol–water partition coefficient (Wildman–Crippen LogP) is 2.45. The lowest BCUT2D eigenvalue weighted by Gasteiger charge is -2.21. The lowest BCUT2D eigenvalue weighted by Crippen LogP contribution is -2.34. The average molecular weight is 273 g/mol. The first kappa shape index (κ1) is 13.9. The minimum Gasteiger partial charge on any atom is -0.464 e. The van der Waals surface area contributed by atoms with Gasteiger partial charge in [0.15, 0.2) is 0 Å². The molecule has 0 radical (unpaired) electrons. The van der Waals surface area contributed by atoms with E-state index < -0.39 is 11.7 Å². The van der Waals surface area contributed by atoms with Gasteiger partial charge in [-0.25, -0.2) is 0 Å². The Labute approximate surface area is 109 Å². The van der Waals surface area contributed by atoms with E-state index in [0.717, 1.165) is 17.7 Å². The lowest BCUT2D eigenvalue weighted by atomic mass is 10.1. The maximum absolute atomic E-state index is 12.4. The van der Waals surface area contributed by atoms with Crippen molar-refractivity contribution >= 4 is 5.97 Å². The monoisotopic (exact) mass is 273 g/mol. The van der Waals surface area contributed by atoms with Gasteiger partial charge in [0, 0.05) is 13.0 Å². The van der Waals surface area contributed by atoms with Crippen molar-refractivity contribution < 1.29 is 22.7 Å². The predicted molar refractivity (Wildman–Crippen MR) is 62.3 cm³/mol. The molecule has 1 fully saturated rings. The van der Waals surface area contributed by atoms with E-state index in [-0.39, 0.29) is 12.0 Å². The molecule has 0 aliphatic carbocycles. The number of hydrogen-bond acceptors (Lipinski definition) is 3. The summed E-state index contributed by atoms with van der Waals surface area (Å²) in [6.45, 7) is 0.818. The van der Waals surface area contributed by atoms with Crippen molar-refractivity contribution in [1.82, 2.24) is 4.90 Å². The van der Waals surface area contributed by atoms with Crippen molar-refractivity contribution in [1.29, 1.82) is 0 Å². The maximum Gasteiger partial charge on any atom is 0.416 e. The van der Waals surface area contributed by atoms with Crippen LogP contribution >= 0.6 is 0 Å². The van der Waals surface area contributed by atoms with Crippen LogP contribution in [0.15, 0.2) is 24.3 Å². The summed E-state index contributed by atoms with van der Waals surface area (Å²) in [5, 5.41) is 0. The Bertz CT molecular complexity index is 456. The largest absolute Gasteiger partial charge is 0.464 e. The molecule has 2 rings (SSSR count). The van der Waals surface area contributed by atoms with E-state index in [2.05, 4.69) is 0 Å². The third-order valence-electron chi connectivity index (χ3n) is 3.15. The molecule has 19 heavy (non-hydrogen) atoms. The first-order valence-electron chi connectivity index (χ1n) is 5.91. The second kappa shape index (κ2) is 5.21. The Balaban J connectivity index is 2.01. The van der Waals surface area contributed by atoms with E-state index in [1.165, 1.54) is 12.1 Å². The van der Waals surface area contributed by atoms with E-state index in [4.69, 9.17) is 4.74 Å². The number of ether oxygens (including phenoxy) is 1. The van der Waals surface area contributed by atoms with Gasteiger partial charge in [-0.1, -0.05) is 12.1 Å². The summed E-state index contributed by atoms with van der Waals surface area (Å²) in [7, 11) is 1.76. The summed E-state index contributed by atoms with van der Waals surface area (Å²) in [5.41, 5.74) is 0.0642. The Hall–Kier alpha value is -1.56. The molecule has 1 aliphatic rings. The molecular weight excluding hydrogens is 259 g/mol. The summed E-state index contributed by atoms with van der Waals surface area (Å²) in [4.78, 5) is 13.2. The highest BCUT2D eigenvalue weighted by Crippen LogP contribution is 2.29. The van der Waals surface area contributed by atoms with E-state index in [9.17, 15) is 18.0 Å². The molecule has 1 aliphatic heterocycles. The molecule has 0 saturated carbocycles. The summed E-state index contributed by atoms with van der Waals surface area (Å²) < 4.78 is 42.1. The number of carbonyl (C=O) groups excluding carboxylic acids is 1. The van der Waals surface area contributed by atoms with Crippen molar-refractivity contribution in [3.05, 3.63) is 35.4 Å². The SMILES string of the molecule is CN(Cc1ccc(C(F)(F)F)cc1)C1CCOC1=O. The maximum atomic E-state index is 12.4. The molecule has 0 spiro atoms. The fraction of sp³-hybridized carbons (Fsp3) is 0.462. The molecule has 0 bridgehead atoms. The highest BCUT2D eigenvalue weighted by Gasteiger charge is 2.31. The van der Waals surface area contributed by atoms with Crippen LogP contribution in [0.5, 0.6) is 0 Å². The van der Waals surface area contributed by atoms with E-state index in [0.29, 0.717) is 19.6 Å². The van der Waals surface area contributed by atoms with Gasteiger partial charge in [-0.15, -0.1) is 0 Å². The Kier molecular flexibility index (Phi) is 3.80. The first-order valence-corrected chi connectivity index (χ1v) is 5.91. The van der Waals surface area contributed by atoms with Crippen LogP contribution in [-0.4, -0.2) is 30.6 Å². The highest BCUT2D eigenvalue weighted by molar-refractivity contribution is 5.77. The molecule has 1 unspecified atom stereocenters. The van der Waals surface area contributed by atoms with E-state index >= 15 is 0 Å². The third-order valence-corrected chi connectivity index (χ3v) is 3.15. The minimum absolute atomic E-state index is 0.269. The highest BCUT2D eigenvalue weighted by atomic mass is 19.4. The zero-order chi connectivity index (χ0) is 14.0. The standard InChI is InChI=1S/C13H14F3NO2/c1-17(11-6-7-19-12(11)18)8-9-2-4-10(5-3-9)13(14,15)16/h2-5,11H,6-8H2,1H3. The number of esters is 1. The van der Waals surface area contributed by atoms with Gasteiger partial charge in [0.1, 0.15) is 6.04 Å². The van der Waals surface area contributed by atoms with Crippen LogP contribution in [0.3, 0.4) is 0 Å². The Morgan fingerprint density at radius 3 is 2.42 bits per heavy atom. The van der Waals surface area contributed by atoms with Crippen molar-refractivity contribution in [3.63, 3.8) is 0 Å². The molecule has 0 amide bonds. The fourth-order valence-electron chi connectivity index (χ4n) is 2.08. The molecule has 0 N–H and O–H groups in total. The van der Waals surface area contributed by atoms with Crippen molar-refractivity contribution in [2.45, 2.75) is 25.2 Å². The molecule has 1 saturated heterocycles. The van der Waals surface area contributed by atoms with Crippen LogP contribution in [0, 0.1) is 0 Å². The summed E-state index contributed by atoms with van der Waals surface area (Å²) in [6.07, 6.45) is -3.70. The average Bonchev–Trinajstić information content (AvgIpc) is 2.75. The third kappa shape index (κ3) is 3.26. The second-order valence-electron chi connectivity index (χ2n) is 4.58. The summed E-state index contributed by atoms with van der Waals surface area (Å²) >= 11 is 0. The number of cyclic esters (lactones) is 1. The van der Waals surface area contributed by atoms with Gasteiger partial charge in [-0.3, -0.25) is 9.69 Å². The van der Waals surface area contributed by atoms with Gasteiger partial charge in [-0.2, -0.15) is 13.2 Å². The molecule has 1 heterocycles. The van der Waals surface area contributed by atoms with Crippen LogP contribution < -0.4 is 0 Å². The van der Waals surface area contributed by atoms with E-state index in [1.807, 2.05) is 0 Å². The van der Waals surface area contributed by atoms with Crippen LogP contribution in [0.25, 0.3) is 0 Å². The molecule has 0 aromatic heterocycles. The van der Waals surface area contributed by atoms with Gasteiger partial charge in [0.05, 0.1) is 12.2 Å². The fourth-order valence-corrected chi connectivity index (χ4v) is 2.08. The normalized spacial score (nSPS) is 19.8. The van der Waals surface area contributed by atoms with Crippen LogP contribution in [-0.2, 0) is 22.3 Å². The Morgan fingerprint density at radius 1 is 1.32 bits per heavy atom. The number of carbonyl (C=O) groups is 1. The second-order valence-corrected chi connectivity index (χ2v) is 4.58. The number of likely N-dealkylation sites (N-methyl/N-ethyl adjacent to an activating group) is 1. The van der Waals surface area contributed by atoms with E-state index in [1.54, 1.807) is 11.9 Å². The minimum atomic E-state index is -4.32. The lowest BCUT2D eigenvalue weighted by molar-refractivity contribution is -0.142. The molecule has 104 valence electrons. The smallest absolute Gasteiger partial charge is 0.416 e. The van der Waals surface area contributed by atoms with Gasteiger partial charge < -0.3 is 4.74 Å². The first-order chi connectivity index (χ1) is 8.88. The van der Waals surface area contributed by atoms with Gasteiger partial charge >= 0.3 is 12.1 Å². The molecule has 1 aromatic rings. The quantitative estimate of drug-likeness (QED) is 0.792.